The first-order valence-corrected chi connectivity index (χ1v) is 11.2. The zero-order valence-electron chi connectivity index (χ0n) is 18.4. The van der Waals surface area contributed by atoms with Crippen LogP contribution in [0.25, 0.3) is 0 Å². The summed E-state index contributed by atoms with van der Waals surface area (Å²) < 4.78 is 0. The first-order valence-electron chi connectivity index (χ1n) is 8.73. The van der Waals surface area contributed by atoms with E-state index in [-0.39, 0.29) is 69.0 Å². The van der Waals surface area contributed by atoms with Gasteiger partial charge in [-0.1, -0.05) is 87.6 Å². The van der Waals surface area contributed by atoms with Gasteiger partial charge >= 0.3 is 21.7 Å². The van der Waals surface area contributed by atoms with Gasteiger partial charge < -0.3 is 37.2 Å². The molecule has 0 saturated heterocycles. The van der Waals surface area contributed by atoms with Gasteiger partial charge in [0.1, 0.15) is 0 Å². The Morgan fingerprint density at radius 3 is 1.56 bits per heavy atom. The van der Waals surface area contributed by atoms with Gasteiger partial charge in [-0.3, -0.25) is 6.08 Å². The number of halogens is 3. The SMILES string of the molecule is CC1=[C-]C(C)([Si](C)(c2cc(C)cc(C)c2)C(C)(C)C)C(C)=C1C.[Cl-].[Cl-].[Cl-].[Ti+4]. The van der Waals surface area contributed by atoms with E-state index in [1.807, 2.05) is 0 Å². The second-order valence-electron chi connectivity index (χ2n) is 8.88. The number of aryl methyl sites for hydroxylation is 2. The molecule has 0 amide bonds. The maximum absolute atomic E-state index is 3.92. The van der Waals surface area contributed by atoms with E-state index in [1.165, 1.54) is 27.8 Å². The molecule has 0 N–H and O–H groups in total. The molecule has 150 valence electrons. The second-order valence-corrected chi connectivity index (χ2v) is 14.2. The quantitative estimate of drug-likeness (QED) is 0.319. The van der Waals surface area contributed by atoms with Gasteiger partial charge in [-0.05, 0) is 18.9 Å². The normalized spacial score (nSPS) is 21.0. The predicted octanol–water partition coefficient (Wildman–Crippen LogP) is -2.74. The molecule has 1 aromatic rings. The summed E-state index contributed by atoms with van der Waals surface area (Å²) in [6.07, 6.45) is 3.92. The van der Waals surface area contributed by atoms with Crippen molar-refractivity contribution in [1.82, 2.24) is 0 Å². The fraction of sp³-hybridized carbons (Fsp3) is 0.545. The average molecular weight is 480 g/mol. The molecule has 0 aromatic heterocycles. The molecule has 1 aliphatic rings. The van der Waals surface area contributed by atoms with Crippen LogP contribution < -0.4 is 42.4 Å². The number of benzene rings is 1. The fourth-order valence-electron chi connectivity index (χ4n) is 4.45. The molecule has 2 rings (SSSR count). The summed E-state index contributed by atoms with van der Waals surface area (Å²) in [5.41, 5.74) is 7.07. The summed E-state index contributed by atoms with van der Waals surface area (Å²) in [5.74, 6) is 0. The van der Waals surface area contributed by atoms with Crippen LogP contribution in [-0.4, -0.2) is 8.07 Å². The van der Waals surface area contributed by atoms with Gasteiger partial charge in [0, 0.05) is 0 Å². The fourth-order valence-corrected chi connectivity index (χ4v) is 9.80. The molecule has 0 heterocycles. The third kappa shape index (κ3) is 5.16. The van der Waals surface area contributed by atoms with Crippen molar-refractivity contribution in [2.75, 3.05) is 0 Å². The van der Waals surface area contributed by atoms with Crippen LogP contribution >= 0.6 is 0 Å². The second kappa shape index (κ2) is 10.5. The van der Waals surface area contributed by atoms with Gasteiger partial charge in [0.15, 0.2) is 0 Å². The van der Waals surface area contributed by atoms with Crippen LogP contribution in [0.3, 0.4) is 0 Å². The average Bonchev–Trinajstić information content (AvgIpc) is 2.60. The van der Waals surface area contributed by atoms with Crippen molar-refractivity contribution >= 4 is 13.3 Å². The standard InChI is InChI=1S/C22H33Si.3ClH.Ti/c1-15-11-16(2)13-20(12-15)23(10,21(6,7)8)22(9)14-17(3)18(4)19(22)5;;;;/h11-13H,1-10H3;3*1H;/q-1;;;;+4/p-3. The molecule has 0 spiro atoms. The van der Waals surface area contributed by atoms with Crippen molar-refractivity contribution in [2.24, 2.45) is 0 Å². The zero-order chi connectivity index (χ0) is 17.8. The summed E-state index contributed by atoms with van der Waals surface area (Å²) in [4.78, 5) is 0. The van der Waals surface area contributed by atoms with Gasteiger partial charge in [-0.25, -0.2) is 5.57 Å². The molecule has 0 aliphatic heterocycles. The van der Waals surface area contributed by atoms with E-state index < -0.39 is 8.07 Å². The Morgan fingerprint density at radius 1 is 0.852 bits per heavy atom. The minimum absolute atomic E-state index is 0. The summed E-state index contributed by atoms with van der Waals surface area (Å²) in [5, 5.41) is 1.88. The molecule has 0 radical (unpaired) electrons. The van der Waals surface area contributed by atoms with Crippen LogP contribution in [0, 0.1) is 19.9 Å². The molecule has 0 bridgehead atoms. The Labute approximate surface area is 202 Å². The molecule has 27 heavy (non-hydrogen) atoms. The zero-order valence-corrected chi connectivity index (χ0v) is 23.2. The van der Waals surface area contributed by atoms with Gasteiger partial charge in [0.2, 0.25) is 0 Å². The first kappa shape index (κ1) is 32.2. The minimum Gasteiger partial charge on any atom is -1.00 e. The van der Waals surface area contributed by atoms with Crippen LogP contribution in [0.1, 0.15) is 59.6 Å². The van der Waals surface area contributed by atoms with E-state index in [9.17, 15) is 0 Å². The first-order chi connectivity index (χ1) is 10.3. The molecule has 2 atom stereocenters. The summed E-state index contributed by atoms with van der Waals surface area (Å²) in [6, 6.07) is 7.16. The molecular weight excluding hydrogens is 447 g/mol. The summed E-state index contributed by atoms with van der Waals surface area (Å²) in [7, 11) is -1.92. The van der Waals surface area contributed by atoms with Crippen LogP contribution in [0.5, 0.6) is 0 Å². The number of hydrogen-bond donors (Lipinski definition) is 0. The monoisotopic (exact) mass is 478 g/mol. The molecule has 1 aliphatic carbocycles. The van der Waals surface area contributed by atoms with Crippen LogP contribution in [0.2, 0.25) is 16.6 Å². The van der Waals surface area contributed by atoms with Crippen molar-refractivity contribution in [2.45, 2.75) is 78.9 Å². The van der Waals surface area contributed by atoms with Crippen LogP contribution in [-0.2, 0) is 21.7 Å². The Hall–Kier alpha value is 0.501. The van der Waals surface area contributed by atoms with E-state index in [0.29, 0.717) is 0 Å². The molecule has 1 aromatic carbocycles. The van der Waals surface area contributed by atoms with Crippen LogP contribution in [0.15, 0.2) is 34.9 Å². The number of hydrogen-bond acceptors (Lipinski definition) is 0. The van der Waals surface area contributed by atoms with E-state index in [2.05, 4.69) is 93.1 Å². The smallest absolute Gasteiger partial charge is 1.00 e. The van der Waals surface area contributed by atoms with Crippen molar-refractivity contribution in [3.63, 3.8) is 0 Å². The van der Waals surface area contributed by atoms with Crippen molar-refractivity contribution in [1.29, 1.82) is 0 Å². The van der Waals surface area contributed by atoms with E-state index in [4.69, 9.17) is 0 Å². The van der Waals surface area contributed by atoms with Crippen molar-refractivity contribution < 1.29 is 58.9 Å². The molecular formula is C22H33Cl3SiTi. The Kier molecular flexibility index (Phi) is 12.5. The van der Waals surface area contributed by atoms with Gasteiger partial charge in [-0.15, -0.1) is 6.92 Å². The Morgan fingerprint density at radius 2 is 1.26 bits per heavy atom. The molecule has 0 saturated carbocycles. The summed E-state index contributed by atoms with van der Waals surface area (Å²) in [6.45, 7) is 23.6. The van der Waals surface area contributed by atoms with Crippen molar-refractivity contribution in [3.8, 4) is 0 Å². The maximum atomic E-state index is 3.92. The van der Waals surface area contributed by atoms with Crippen LogP contribution in [0.4, 0.5) is 0 Å². The number of rotatable bonds is 2. The summed E-state index contributed by atoms with van der Waals surface area (Å²) >= 11 is 0. The molecule has 0 nitrogen and oxygen atoms in total. The van der Waals surface area contributed by atoms with Gasteiger partial charge in [-0.2, -0.15) is 11.1 Å². The van der Waals surface area contributed by atoms with Crippen molar-refractivity contribution in [3.05, 3.63) is 52.1 Å². The third-order valence-electron chi connectivity index (χ3n) is 6.61. The van der Waals surface area contributed by atoms with Gasteiger partial charge in [0.05, 0.1) is 8.07 Å². The van der Waals surface area contributed by atoms with E-state index >= 15 is 0 Å². The predicted molar refractivity (Wildman–Crippen MR) is 106 cm³/mol. The number of allylic oxidation sites excluding steroid dienone is 4. The van der Waals surface area contributed by atoms with E-state index in [0.717, 1.165) is 0 Å². The Balaban J connectivity index is -0.00000144. The largest absolute Gasteiger partial charge is 4.00 e. The maximum Gasteiger partial charge on any atom is 4.00 e. The Bertz CT molecular complexity index is 699. The van der Waals surface area contributed by atoms with E-state index in [1.54, 1.807) is 5.19 Å². The van der Waals surface area contributed by atoms with Gasteiger partial charge in [0.25, 0.3) is 0 Å². The minimum atomic E-state index is -1.92. The molecule has 0 fully saturated rings. The topological polar surface area (TPSA) is 0 Å². The molecule has 2 unspecified atom stereocenters. The third-order valence-corrected chi connectivity index (χ3v) is 13.6. The molecule has 5 heteroatoms.